The average molecular weight is 387 g/mol. The Kier molecular flexibility index (Phi) is 6.33. The van der Waals surface area contributed by atoms with E-state index in [1.165, 1.54) is 17.0 Å². The van der Waals surface area contributed by atoms with Crippen LogP contribution in [0.15, 0.2) is 43.0 Å². The van der Waals surface area contributed by atoms with Gasteiger partial charge in [-0.15, -0.1) is 10.2 Å². The summed E-state index contributed by atoms with van der Waals surface area (Å²) in [6.07, 6.45) is 4.85. The highest BCUT2D eigenvalue weighted by molar-refractivity contribution is 5.88. The number of anilines is 1. The van der Waals surface area contributed by atoms with E-state index < -0.39 is 0 Å². The Bertz CT molecular complexity index is 924. The van der Waals surface area contributed by atoms with Crippen molar-refractivity contribution in [3.8, 4) is 0 Å². The van der Waals surface area contributed by atoms with E-state index >= 15 is 0 Å². The molecular weight excluding hydrogens is 365 g/mol. The number of methoxy groups -OCH3 is 1. The van der Waals surface area contributed by atoms with Crippen molar-refractivity contribution in [1.82, 2.24) is 29.4 Å². The van der Waals surface area contributed by atoms with Gasteiger partial charge < -0.3 is 19.5 Å². The molecule has 0 unspecified atom stereocenters. The highest BCUT2D eigenvalue weighted by Gasteiger charge is 2.14. The first-order chi connectivity index (χ1) is 13.5. The third kappa shape index (κ3) is 5.13. The summed E-state index contributed by atoms with van der Waals surface area (Å²) < 4.78 is 21.8. The number of benzene rings is 1. The summed E-state index contributed by atoms with van der Waals surface area (Å²) in [5.74, 6) is 0.370. The van der Waals surface area contributed by atoms with Crippen LogP contribution in [0.25, 0.3) is 0 Å². The molecule has 1 aromatic carbocycles. The van der Waals surface area contributed by atoms with Gasteiger partial charge in [0.25, 0.3) is 0 Å². The van der Waals surface area contributed by atoms with Crippen molar-refractivity contribution in [3.05, 3.63) is 60.2 Å². The van der Waals surface area contributed by atoms with E-state index in [4.69, 9.17) is 4.74 Å². The van der Waals surface area contributed by atoms with Gasteiger partial charge in [0.2, 0.25) is 0 Å². The first-order valence-electron chi connectivity index (χ1n) is 8.70. The smallest absolute Gasteiger partial charge is 0.322 e. The molecule has 0 saturated heterocycles. The minimum Gasteiger partial charge on any atom is -0.383 e. The molecule has 0 aliphatic rings. The molecule has 0 fully saturated rings. The molecular formula is C18H22FN7O2. The number of ether oxygens (including phenoxy) is 1. The summed E-state index contributed by atoms with van der Waals surface area (Å²) in [5.41, 5.74) is 1.34. The largest absolute Gasteiger partial charge is 0.383 e. The monoisotopic (exact) mass is 387 g/mol. The number of aromatic nitrogens is 5. The fourth-order valence-corrected chi connectivity index (χ4v) is 2.62. The molecule has 0 atom stereocenters. The highest BCUT2D eigenvalue weighted by Crippen LogP contribution is 2.10. The van der Waals surface area contributed by atoms with Crippen molar-refractivity contribution < 1.29 is 13.9 Å². The summed E-state index contributed by atoms with van der Waals surface area (Å²) in [5, 5.41) is 14.9. The normalized spacial score (nSPS) is 10.8. The molecule has 0 bridgehead atoms. The fourth-order valence-electron chi connectivity index (χ4n) is 2.62. The zero-order valence-corrected chi connectivity index (χ0v) is 15.7. The molecule has 9 nitrogen and oxygen atoms in total. The summed E-state index contributed by atoms with van der Waals surface area (Å²) in [4.78, 5) is 13.9. The van der Waals surface area contributed by atoms with Crippen LogP contribution in [0, 0.1) is 5.82 Å². The molecule has 0 spiro atoms. The summed E-state index contributed by atoms with van der Waals surface area (Å²) in [6, 6.07) is 6.01. The first-order valence-corrected chi connectivity index (χ1v) is 8.70. The molecule has 2 heterocycles. The van der Waals surface area contributed by atoms with Gasteiger partial charge in [-0.25, -0.2) is 9.18 Å². The van der Waals surface area contributed by atoms with Crippen molar-refractivity contribution in [2.24, 2.45) is 0 Å². The number of carbonyl (C=O) groups excluding carboxylic acids is 1. The Morgan fingerprint density at radius 3 is 3.04 bits per heavy atom. The molecule has 1 N–H and O–H groups in total. The number of amides is 2. The number of hydrogen-bond donors (Lipinski definition) is 1. The molecule has 3 aromatic rings. The molecule has 0 aliphatic carbocycles. The van der Waals surface area contributed by atoms with Crippen LogP contribution in [0.4, 0.5) is 14.9 Å². The van der Waals surface area contributed by atoms with Crippen molar-refractivity contribution in [3.63, 3.8) is 0 Å². The lowest BCUT2D eigenvalue weighted by atomic mass is 10.2. The van der Waals surface area contributed by atoms with E-state index in [-0.39, 0.29) is 11.8 Å². The zero-order chi connectivity index (χ0) is 19.9. The van der Waals surface area contributed by atoms with Crippen LogP contribution in [0.3, 0.4) is 0 Å². The van der Waals surface area contributed by atoms with Crippen LogP contribution in [0.5, 0.6) is 0 Å². The van der Waals surface area contributed by atoms with E-state index in [1.807, 2.05) is 10.6 Å². The van der Waals surface area contributed by atoms with E-state index in [9.17, 15) is 9.18 Å². The Morgan fingerprint density at radius 2 is 2.25 bits per heavy atom. The second kappa shape index (κ2) is 9.09. The lowest BCUT2D eigenvalue weighted by Gasteiger charge is -2.17. The van der Waals surface area contributed by atoms with Crippen LogP contribution in [0.1, 0.15) is 11.4 Å². The van der Waals surface area contributed by atoms with Gasteiger partial charge >= 0.3 is 6.03 Å². The molecule has 2 aromatic heterocycles. The van der Waals surface area contributed by atoms with Crippen LogP contribution in [0.2, 0.25) is 0 Å². The van der Waals surface area contributed by atoms with Crippen molar-refractivity contribution in [1.29, 1.82) is 0 Å². The predicted octanol–water partition coefficient (Wildman–Crippen LogP) is 1.97. The van der Waals surface area contributed by atoms with Gasteiger partial charge in [0.15, 0.2) is 5.82 Å². The van der Waals surface area contributed by atoms with Crippen LogP contribution < -0.4 is 5.32 Å². The Labute approximate surface area is 161 Å². The number of urea groups is 1. The number of carbonyl (C=O) groups is 1. The highest BCUT2D eigenvalue weighted by atomic mass is 19.1. The average Bonchev–Trinajstić information content (AvgIpc) is 3.29. The number of nitrogens with zero attached hydrogens (tertiary/aromatic N) is 6. The van der Waals surface area contributed by atoms with Gasteiger partial charge in [-0.1, -0.05) is 12.1 Å². The van der Waals surface area contributed by atoms with Gasteiger partial charge in [-0.05, 0) is 17.7 Å². The molecule has 28 heavy (non-hydrogen) atoms. The quantitative estimate of drug-likeness (QED) is 0.638. The summed E-state index contributed by atoms with van der Waals surface area (Å²) >= 11 is 0. The van der Waals surface area contributed by atoms with E-state index in [1.54, 1.807) is 43.6 Å². The SMILES string of the molecule is COCCn1cnnc1CN(C)C(=O)Nc1cnn(Cc2cccc(F)c2)c1. The third-order valence-electron chi connectivity index (χ3n) is 4.08. The maximum Gasteiger partial charge on any atom is 0.322 e. The Hall–Kier alpha value is -3.27. The van der Waals surface area contributed by atoms with Crippen molar-refractivity contribution in [2.45, 2.75) is 19.6 Å². The number of halogens is 1. The van der Waals surface area contributed by atoms with Crippen LogP contribution >= 0.6 is 0 Å². The maximum atomic E-state index is 13.3. The van der Waals surface area contributed by atoms with Crippen molar-refractivity contribution >= 4 is 11.7 Å². The van der Waals surface area contributed by atoms with Crippen LogP contribution in [-0.2, 0) is 24.4 Å². The lowest BCUT2D eigenvalue weighted by molar-refractivity contribution is 0.184. The second-order valence-corrected chi connectivity index (χ2v) is 6.28. The summed E-state index contributed by atoms with van der Waals surface area (Å²) in [6.45, 7) is 1.85. The number of hydrogen-bond acceptors (Lipinski definition) is 5. The van der Waals surface area contributed by atoms with Gasteiger partial charge in [-0.3, -0.25) is 4.68 Å². The van der Waals surface area contributed by atoms with Gasteiger partial charge in [-0.2, -0.15) is 5.10 Å². The molecule has 2 amide bonds. The predicted molar refractivity (Wildman–Crippen MR) is 100 cm³/mol. The maximum absolute atomic E-state index is 13.3. The molecule has 0 radical (unpaired) electrons. The van der Waals surface area contributed by atoms with E-state index in [2.05, 4.69) is 20.6 Å². The molecule has 0 aliphatic heterocycles. The molecule has 3 rings (SSSR count). The minimum absolute atomic E-state index is 0.293. The third-order valence-corrected chi connectivity index (χ3v) is 4.08. The fraction of sp³-hybridized carbons (Fsp3) is 0.333. The topological polar surface area (TPSA) is 90.1 Å². The first kappa shape index (κ1) is 19.5. The standard InChI is InChI=1S/C18H22FN7O2/c1-24(12-17-23-20-13-25(17)6-7-28-2)18(27)22-16-9-21-26(11-16)10-14-4-3-5-15(19)8-14/h3-5,8-9,11,13H,6-7,10,12H2,1-2H3,(H,22,27). The molecule has 0 saturated carbocycles. The summed E-state index contributed by atoms with van der Waals surface area (Å²) in [7, 11) is 3.29. The molecule has 10 heteroatoms. The second-order valence-electron chi connectivity index (χ2n) is 6.28. The lowest BCUT2D eigenvalue weighted by Crippen LogP contribution is -2.32. The number of rotatable bonds is 8. The van der Waals surface area contributed by atoms with Crippen LogP contribution in [-0.4, -0.2) is 56.2 Å². The minimum atomic E-state index is -0.299. The molecule has 148 valence electrons. The van der Waals surface area contributed by atoms with Crippen molar-refractivity contribution in [2.75, 3.05) is 26.1 Å². The van der Waals surface area contributed by atoms with E-state index in [0.717, 1.165) is 5.56 Å². The Balaban J connectivity index is 1.56. The van der Waals surface area contributed by atoms with Gasteiger partial charge in [0, 0.05) is 26.9 Å². The number of nitrogens with one attached hydrogen (secondary N) is 1. The van der Waals surface area contributed by atoms with Gasteiger partial charge in [0.1, 0.15) is 12.1 Å². The van der Waals surface area contributed by atoms with Gasteiger partial charge in [0.05, 0.1) is 31.6 Å². The Morgan fingerprint density at radius 1 is 1.39 bits per heavy atom. The zero-order valence-electron chi connectivity index (χ0n) is 15.7. The van der Waals surface area contributed by atoms with E-state index in [0.29, 0.717) is 37.8 Å².